The van der Waals surface area contributed by atoms with Crippen molar-refractivity contribution < 1.29 is 23.0 Å². The van der Waals surface area contributed by atoms with E-state index < -0.39 is 23.0 Å². The number of terminal acetylenes is 1. The van der Waals surface area contributed by atoms with Gasteiger partial charge in [0.2, 0.25) is 0 Å². The molecule has 0 fully saturated rings. The fraction of sp³-hybridized carbons (Fsp3) is 0.244. The lowest BCUT2D eigenvalue weighted by Crippen LogP contribution is -2.24. The zero-order chi connectivity index (χ0) is 37.4. The summed E-state index contributed by atoms with van der Waals surface area (Å²) in [6.45, 7) is 8.00. The lowest BCUT2D eigenvalue weighted by molar-refractivity contribution is -0.134. The van der Waals surface area contributed by atoms with Gasteiger partial charge in [0.25, 0.3) is 0 Å². The summed E-state index contributed by atoms with van der Waals surface area (Å²) >= 11 is 3.64. The number of thiazole rings is 1. The van der Waals surface area contributed by atoms with Gasteiger partial charge in [-0.05, 0) is 68.2 Å². The molecule has 1 unspecified atom stereocenters. The second-order valence-electron chi connectivity index (χ2n) is 12.0. The molecule has 0 aliphatic carbocycles. The molecule has 0 aliphatic rings. The maximum Gasteiger partial charge on any atom is 0.330 e. The van der Waals surface area contributed by atoms with Crippen LogP contribution < -0.4 is 4.74 Å². The largest absolute Gasteiger partial charge is 0.466 e. The molecule has 3 heterocycles. The monoisotopic (exact) mass is 832 g/mol. The van der Waals surface area contributed by atoms with Crippen LogP contribution in [0.3, 0.4) is 0 Å². The molecular weight excluding hydrogens is 793 g/mol. The van der Waals surface area contributed by atoms with Crippen molar-refractivity contribution in [2.24, 2.45) is 0 Å². The lowest BCUT2D eigenvalue weighted by atomic mass is 9.75. The van der Waals surface area contributed by atoms with Gasteiger partial charge in [-0.3, -0.25) is 2.78 Å². The number of nitrogens with one attached hydrogen (secondary N) is 1. The third kappa shape index (κ3) is 8.45. The van der Waals surface area contributed by atoms with Crippen LogP contribution in [0.15, 0.2) is 78.4 Å². The van der Waals surface area contributed by atoms with Gasteiger partial charge in [-0.15, -0.1) is 23.7 Å². The fourth-order valence-electron chi connectivity index (χ4n) is 6.03. The first-order chi connectivity index (χ1) is 25.1. The van der Waals surface area contributed by atoms with E-state index in [0.29, 0.717) is 30.7 Å². The number of aromatic amines is 1. The average Bonchev–Trinajstić information content (AvgIpc) is 3.91. The Morgan fingerprint density at radius 1 is 1.15 bits per heavy atom. The third-order valence-corrected chi connectivity index (χ3v) is 10.4. The highest BCUT2D eigenvalue weighted by atomic mass is 127. The van der Waals surface area contributed by atoms with E-state index in [1.807, 2.05) is 65.5 Å². The van der Waals surface area contributed by atoms with E-state index in [2.05, 4.69) is 50.7 Å². The number of aromatic nitrogens is 4. The summed E-state index contributed by atoms with van der Waals surface area (Å²) in [6.07, 6.45) is 14.6. The van der Waals surface area contributed by atoms with Crippen LogP contribution in [0.5, 0.6) is 11.5 Å². The molecule has 0 amide bonds. The lowest BCUT2D eigenvalue weighted by Gasteiger charge is -2.29. The number of halogens is 3. The van der Waals surface area contributed by atoms with E-state index in [9.17, 15) is 4.79 Å². The Morgan fingerprint density at radius 3 is 2.69 bits per heavy atom. The van der Waals surface area contributed by atoms with Crippen molar-refractivity contribution in [1.82, 2.24) is 17.7 Å². The highest BCUT2D eigenvalue weighted by molar-refractivity contribution is 14.1. The molecular formula is C41H39F2IN4O3S. The van der Waals surface area contributed by atoms with Gasteiger partial charge in [0.05, 0.1) is 51.8 Å². The summed E-state index contributed by atoms with van der Waals surface area (Å²) in [4.78, 5) is 24.3. The van der Waals surface area contributed by atoms with Crippen LogP contribution >= 0.6 is 34.2 Å². The molecule has 6 rings (SSSR count). The number of hydrogen-bond donors (Lipinski definition) is 1. The van der Waals surface area contributed by atoms with Crippen molar-refractivity contribution in [2.75, 3.05) is 7.11 Å². The number of unbranched alkanes of at least 4 members (excludes halogenated alkanes) is 1. The first-order valence-corrected chi connectivity index (χ1v) is 18.7. The van der Waals surface area contributed by atoms with E-state index in [0.717, 1.165) is 44.8 Å². The smallest absolute Gasteiger partial charge is 0.330 e. The Kier molecular flexibility index (Phi) is 12.7. The Morgan fingerprint density at radius 2 is 1.96 bits per heavy atom. The number of imidazole rings is 1. The minimum atomic E-state index is -0.585. The number of aryl methyl sites for hydroxylation is 1. The first kappa shape index (κ1) is 38.4. The highest BCUT2D eigenvalue weighted by Crippen LogP contribution is 2.40. The van der Waals surface area contributed by atoms with E-state index in [1.54, 1.807) is 12.3 Å². The van der Waals surface area contributed by atoms with Crippen molar-refractivity contribution in [3.63, 3.8) is 0 Å². The van der Waals surface area contributed by atoms with Crippen LogP contribution in [0.25, 0.3) is 28.4 Å². The summed E-state index contributed by atoms with van der Waals surface area (Å²) in [6, 6.07) is 15.5. The molecule has 1 atom stereocenters. The SMILES string of the molecule is C#CCCCC(C)(c1cccc(/C=C/C(=O)OC)c1)c1cnc(-c2cc(Oc3c(F)cc4c(ccn4I)c3Cc3csc(C)n3)ccc2F)[nH]1.CC. The summed E-state index contributed by atoms with van der Waals surface area (Å²) < 4.78 is 44.1. The number of fused-ring (bicyclic) bond motifs is 1. The molecule has 1 N–H and O–H groups in total. The molecule has 6 aromatic rings. The second-order valence-corrected chi connectivity index (χ2v) is 14.1. The number of hydrogen-bond acceptors (Lipinski definition) is 6. The van der Waals surface area contributed by atoms with Gasteiger partial charge in [-0.1, -0.05) is 38.1 Å². The third-order valence-electron chi connectivity index (χ3n) is 8.70. The van der Waals surface area contributed by atoms with E-state index >= 15 is 8.78 Å². The van der Waals surface area contributed by atoms with Crippen molar-refractivity contribution in [3.05, 3.63) is 123 Å². The molecule has 11 heteroatoms. The number of H-pyrrole nitrogens is 1. The van der Waals surface area contributed by atoms with Crippen LogP contribution in [0.1, 0.15) is 73.1 Å². The normalized spacial score (nSPS) is 12.3. The van der Waals surface area contributed by atoms with Crippen molar-refractivity contribution in [3.8, 4) is 35.2 Å². The van der Waals surface area contributed by atoms with Crippen molar-refractivity contribution >= 4 is 57.1 Å². The fourth-order valence-corrected chi connectivity index (χ4v) is 7.20. The number of methoxy groups -OCH3 is 1. The predicted octanol–water partition coefficient (Wildman–Crippen LogP) is 11.0. The van der Waals surface area contributed by atoms with Gasteiger partial charge in [-0.2, -0.15) is 0 Å². The van der Waals surface area contributed by atoms with Crippen LogP contribution in [0, 0.1) is 30.9 Å². The van der Waals surface area contributed by atoms with Gasteiger partial charge in [0.1, 0.15) is 17.4 Å². The van der Waals surface area contributed by atoms with Gasteiger partial charge in [0, 0.05) is 64.8 Å². The molecule has 0 radical (unpaired) electrons. The maximum atomic E-state index is 15.8. The molecule has 7 nitrogen and oxygen atoms in total. The molecule has 0 bridgehead atoms. The number of benzene rings is 3. The van der Waals surface area contributed by atoms with E-state index in [-0.39, 0.29) is 17.1 Å². The summed E-state index contributed by atoms with van der Waals surface area (Å²) in [5.41, 5.74) is 4.30. The number of carbonyl (C=O) groups is 1. The summed E-state index contributed by atoms with van der Waals surface area (Å²) in [7, 11) is 1.33. The topological polar surface area (TPSA) is 82.0 Å². The Balaban J connectivity index is 0.00000257. The number of ether oxygens (including phenoxy) is 2. The number of rotatable bonds is 12. The predicted molar refractivity (Wildman–Crippen MR) is 213 cm³/mol. The Hall–Kier alpha value is -4.80. The number of esters is 1. The highest BCUT2D eigenvalue weighted by Gasteiger charge is 2.31. The summed E-state index contributed by atoms with van der Waals surface area (Å²) in [5.74, 6) is 1.82. The van der Waals surface area contributed by atoms with Gasteiger partial charge in [0.15, 0.2) is 11.6 Å². The standard InChI is InChI=1S/C39H33F2IN4O3S.C2H6/c1-5-6-7-16-39(3,26-10-8-9-25(18-26)11-14-36(47)48-4)35-22-43-38(45-35)31-20-28(12-13-32(31)40)49-37-30(19-27-23-50-24(2)44-27)29-15-17-46(42)34(29)21-33(37)41;1-2/h1,8-15,17-18,20-23H,6-7,16,19H2,2-4H3,(H,43,45);1-2H3/b14-11+;. The molecule has 52 heavy (non-hydrogen) atoms. The zero-order valence-electron chi connectivity index (χ0n) is 29.6. The quantitative estimate of drug-likeness (QED) is 0.0437. The minimum Gasteiger partial charge on any atom is -0.466 e. The van der Waals surface area contributed by atoms with E-state index in [1.165, 1.54) is 48.8 Å². The molecule has 3 aromatic carbocycles. The van der Waals surface area contributed by atoms with Gasteiger partial charge >= 0.3 is 5.97 Å². The van der Waals surface area contributed by atoms with Crippen LogP contribution in [-0.4, -0.2) is 30.8 Å². The number of nitrogens with zero attached hydrogens (tertiary/aromatic N) is 3. The van der Waals surface area contributed by atoms with Gasteiger partial charge in [-0.25, -0.2) is 23.5 Å². The average molecular weight is 833 g/mol. The van der Waals surface area contributed by atoms with Crippen LogP contribution in [0.4, 0.5) is 8.78 Å². The first-order valence-electron chi connectivity index (χ1n) is 16.8. The molecule has 3 aromatic heterocycles. The van der Waals surface area contributed by atoms with Crippen LogP contribution in [0.2, 0.25) is 0 Å². The molecule has 0 aliphatic heterocycles. The minimum absolute atomic E-state index is 0.0608. The molecule has 268 valence electrons. The molecule has 0 saturated carbocycles. The van der Waals surface area contributed by atoms with Crippen LogP contribution in [-0.2, 0) is 21.4 Å². The maximum absolute atomic E-state index is 15.8. The molecule has 0 saturated heterocycles. The number of carbonyl (C=O) groups excluding carboxylic acids is 1. The summed E-state index contributed by atoms with van der Waals surface area (Å²) in [5, 5.41) is 3.71. The van der Waals surface area contributed by atoms with E-state index in [4.69, 9.17) is 15.9 Å². The zero-order valence-corrected chi connectivity index (χ0v) is 32.6. The Labute approximate surface area is 320 Å². The van der Waals surface area contributed by atoms with Gasteiger partial charge < -0.3 is 14.5 Å². The van der Waals surface area contributed by atoms with Crippen molar-refractivity contribution in [2.45, 2.75) is 58.8 Å². The van der Waals surface area contributed by atoms with Crippen molar-refractivity contribution in [1.29, 1.82) is 0 Å². The molecule has 0 spiro atoms. The Bertz CT molecular complexity index is 2270. The second kappa shape index (κ2) is 17.1.